The predicted octanol–water partition coefficient (Wildman–Crippen LogP) is 3.35. The van der Waals surface area contributed by atoms with Crippen molar-refractivity contribution in [1.82, 2.24) is 4.98 Å². The fourth-order valence-corrected chi connectivity index (χ4v) is 2.17. The Morgan fingerprint density at radius 2 is 1.68 bits per heavy atom. The van der Waals surface area contributed by atoms with Gasteiger partial charge >= 0.3 is 0 Å². The van der Waals surface area contributed by atoms with Crippen LogP contribution in [0.1, 0.15) is 36.5 Å². The highest BCUT2D eigenvalue weighted by Gasteiger charge is 2.07. The first-order chi connectivity index (χ1) is 9.15. The summed E-state index contributed by atoms with van der Waals surface area (Å²) in [6, 6.07) is 12.4. The van der Waals surface area contributed by atoms with Gasteiger partial charge in [0.1, 0.15) is 0 Å². The van der Waals surface area contributed by atoms with Crippen LogP contribution in [0.4, 0.5) is 0 Å². The summed E-state index contributed by atoms with van der Waals surface area (Å²) in [5.74, 6) is 0.550. The summed E-state index contributed by atoms with van der Waals surface area (Å²) in [6.07, 6.45) is 4.55. The molecule has 0 radical (unpaired) electrons. The van der Waals surface area contributed by atoms with Crippen molar-refractivity contribution in [2.24, 2.45) is 0 Å². The SMILES string of the molecule is CC(C)c1ccc(CC(O)Cc2cccnc2)cc1. The van der Waals surface area contributed by atoms with Crippen molar-refractivity contribution in [2.75, 3.05) is 0 Å². The molecule has 1 N–H and O–H groups in total. The number of aromatic nitrogens is 1. The smallest absolute Gasteiger partial charge is 0.0621 e. The Bertz CT molecular complexity index is 490. The van der Waals surface area contributed by atoms with Crippen molar-refractivity contribution in [3.63, 3.8) is 0 Å². The van der Waals surface area contributed by atoms with Crippen molar-refractivity contribution < 1.29 is 5.11 Å². The van der Waals surface area contributed by atoms with Crippen molar-refractivity contribution >= 4 is 0 Å². The van der Waals surface area contributed by atoms with Crippen LogP contribution in [0.3, 0.4) is 0 Å². The van der Waals surface area contributed by atoms with Gasteiger partial charge in [-0.05, 0) is 35.1 Å². The molecule has 100 valence electrons. The van der Waals surface area contributed by atoms with Crippen LogP contribution in [0.5, 0.6) is 0 Å². The van der Waals surface area contributed by atoms with Crippen molar-refractivity contribution in [2.45, 2.75) is 38.7 Å². The molecule has 0 spiro atoms. The van der Waals surface area contributed by atoms with Gasteiger partial charge in [-0.2, -0.15) is 0 Å². The van der Waals surface area contributed by atoms with E-state index in [9.17, 15) is 5.11 Å². The van der Waals surface area contributed by atoms with Crippen LogP contribution in [-0.4, -0.2) is 16.2 Å². The van der Waals surface area contributed by atoms with E-state index in [1.807, 2.05) is 18.3 Å². The van der Waals surface area contributed by atoms with Crippen molar-refractivity contribution in [3.05, 3.63) is 65.5 Å². The number of pyridine rings is 1. The second-order valence-corrected chi connectivity index (χ2v) is 5.32. The molecule has 0 amide bonds. The molecule has 1 unspecified atom stereocenters. The summed E-state index contributed by atoms with van der Waals surface area (Å²) < 4.78 is 0. The minimum atomic E-state index is -0.353. The summed E-state index contributed by atoms with van der Waals surface area (Å²) in [7, 11) is 0. The zero-order valence-corrected chi connectivity index (χ0v) is 11.6. The fraction of sp³-hybridized carbons (Fsp3) is 0.353. The molecule has 0 saturated carbocycles. The summed E-state index contributed by atoms with van der Waals surface area (Å²) >= 11 is 0. The predicted molar refractivity (Wildman–Crippen MR) is 78.2 cm³/mol. The molecule has 2 nitrogen and oxygen atoms in total. The van der Waals surface area contributed by atoms with E-state index in [-0.39, 0.29) is 6.10 Å². The molecule has 0 bridgehead atoms. The molecule has 0 aliphatic rings. The molecular weight excluding hydrogens is 234 g/mol. The maximum atomic E-state index is 10.1. The molecule has 1 atom stereocenters. The third-order valence-electron chi connectivity index (χ3n) is 3.31. The van der Waals surface area contributed by atoms with Crippen LogP contribution >= 0.6 is 0 Å². The molecule has 0 aliphatic carbocycles. The normalized spacial score (nSPS) is 12.6. The van der Waals surface area contributed by atoms with Crippen LogP contribution in [0.25, 0.3) is 0 Å². The lowest BCUT2D eigenvalue weighted by molar-refractivity contribution is 0.175. The van der Waals surface area contributed by atoms with E-state index in [2.05, 4.69) is 43.1 Å². The van der Waals surface area contributed by atoms with Gasteiger partial charge in [-0.1, -0.05) is 44.2 Å². The Balaban J connectivity index is 1.93. The average Bonchev–Trinajstić information content (AvgIpc) is 2.40. The van der Waals surface area contributed by atoms with Gasteiger partial charge in [0.05, 0.1) is 6.10 Å². The number of hydrogen-bond donors (Lipinski definition) is 1. The maximum absolute atomic E-state index is 10.1. The molecule has 2 aromatic rings. The molecule has 0 aliphatic heterocycles. The number of nitrogens with zero attached hydrogens (tertiary/aromatic N) is 1. The molecule has 19 heavy (non-hydrogen) atoms. The first-order valence-electron chi connectivity index (χ1n) is 6.81. The molecule has 2 rings (SSSR count). The maximum Gasteiger partial charge on any atom is 0.0621 e. The van der Waals surface area contributed by atoms with Crippen LogP contribution < -0.4 is 0 Å². The Hall–Kier alpha value is -1.67. The van der Waals surface area contributed by atoms with E-state index in [4.69, 9.17) is 0 Å². The minimum absolute atomic E-state index is 0.353. The standard InChI is InChI=1S/C17H21NO/c1-13(2)16-7-5-14(6-8-16)10-17(19)11-15-4-3-9-18-12-15/h3-9,12-13,17,19H,10-11H2,1-2H3. The average molecular weight is 255 g/mol. The van der Waals surface area contributed by atoms with Crippen LogP contribution in [0, 0.1) is 0 Å². The highest BCUT2D eigenvalue weighted by molar-refractivity contribution is 5.25. The fourth-order valence-electron chi connectivity index (χ4n) is 2.17. The summed E-state index contributed by atoms with van der Waals surface area (Å²) in [4.78, 5) is 4.06. The van der Waals surface area contributed by atoms with Gasteiger partial charge in [-0.3, -0.25) is 4.98 Å². The molecule has 0 saturated heterocycles. The van der Waals surface area contributed by atoms with E-state index in [0.29, 0.717) is 18.8 Å². The van der Waals surface area contributed by atoms with Crippen LogP contribution in [0.15, 0.2) is 48.8 Å². The zero-order chi connectivity index (χ0) is 13.7. The zero-order valence-electron chi connectivity index (χ0n) is 11.6. The van der Waals surface area contributed by atoms with E-state index < -0.39 is 0 Å². The van der Waals surface area contributed by atoms with Gasteiger partial charge in [-0.15, -0.1) is 0 Å². The summed E-state index contributed by atoms with van der Waals surface area (Å²) in [6.45, 7) is 4.37. The van der Waals surface area contributed by atoms with E-state index in [1.165, 1.54) is 11.1 Å². The van der Waals surface area contributed by atoms with E-state index >= 15 is 0 Å². The van der Waals surface area contributed by atoms with E-state index in [1.54, 1.807) is 6.20 Å². The number of aliphatic hydroxyl groups excluding tert-OH is 1. The minimum Gasteiger partial charge on any atom is -0.392 e. The second-order valence-electron chi connectivity index (χ2n) is 5.32. The van der Waals surface area contributed by atoms with Gasteiger partial charge in [0.2, 0.25) is 0 Å². The lowest BCUT2D eigenvalue weighted by Gasteiger charge is -2.12. The van der Waals surface area contributed by atoms with Gasteiger partial charge in [0.15, 0.2) is 0 Å². The topological polar surface area (TPSA) is 33.1 Å². The van der Waals surface area contributed by atoms with Gasteiger partial charge < -0.3 is 5.11 Å². The highest BCUT2D eigenvalue weighted by atomic mass is 16.3. The number of rotatable bonds is 5. The molecule has 0 fully saturated rings. The first-order valence-corrected chi connectivity index (χ1v) is 6.81. The largest absolute Gasteiger partial charge is 0.392 e. The lowest BCUT2D eigenvalue weighted by atomic mass is 9.98. The third-order valence-corrected chi connectivity index (χ3v) is 3.31. The van der Waals surface area contributed by atoms with Gasteiger partial charge in [0, 0.05) is 18.8 Å². The number of aliphatic hydroxyl groups is 1. The Morgan fingerprint density at radius 3 is 2.26 bits per heavy atom. The molecule has 1 aromatic heterocycles. The van der Waals surface area contributed by atoms with Crippen molar-refractivity contribution in [3.8, 4) is 0 Å². The number of benzene rings is 1. The van der Waals surface area contributed by atoms with Crippen LogP contribution in [0.2, 0.25) is 0 Å². The first kappa shape index (κ1) is 13.8. The molecule has 1 aromatic carbocycles. The molecule has 1 heterocycles. The Kier molecular flexibility index (Phi) is 4.69. The summed E-state index contributed by atoms with van der Waals surface area (Å²) in [5.41, 5.74) is 3.60. The second kappa shape index (κ2) is 6.48. The third kappa shape index (κ3) is 4.18. The molecule has 2 heteroatoms. The quantitative estimate of drug-likeness (QED) is 0.888. The van der Waals surface area contributed by atoms with Crippen molar-refractivity contribution in [1.29, 1.82) is 0 Å². The number of hydrogen-bond acceptors (Lipinski definition) is 2. The molecular formula is C17H21NO. The van der Waals surface area contributed by atoms with Crippen LogP contribution in [-0.2, 0) is 12.8 Å². The lowest BCUT2D eigenvalue weighted by Crippen LogP contribution is -2.14. The Labute approximate surface area is 115 Å². The van der Waals surface area contributed by atoms with Gasteiger partial charge in [-0.25, -0.2) is 0 Å². The monoisotopic (exact) mass is 255 g/mol. The summed E-state index contributed by atoms with van der Waals surface area (Å²) in [5, 5.41) is 10.1. The van der Waals surface area contributed by atoms with Gasteiger partial charge in [0.25, 0.3) is 0 Å². The Morgan fingerprint density at radius 1 is 1.00 bits per heavy atom. The van der Waals surface area contributed by atoms with E-state index in [0.717, 1.165) is 5.56 Å². The highest BCUT2D eigenvalue weighted by Crippen LogP contribution is 2.16.